The number of halogens is 8. The van der Waals surface area contributed by atoms with E-state index in [0.29, 0.717) is 51.9 Å². The number of ether oxygens (including phenoxy) is 6. The third-order valence-electron chi connectivity index (χ3n) is 23.3. The van der Waals surface area contributed by atoms with Gasteiger partial charge in [0, 0.05) is 132 Å². The average molecular weight is 1560 g/mol. The first-order valence-corrected chi connectivity index (χ1v) is 37.1. The van der Waals surface area contributed by atoms with E-state index in [4.69, 9.17) is 28.4 Å². The molecule has 598 valence electrons. The minimum absolute atomic E-state index is 0.00225. The van der Waals surface area contributed by atoms with E-state index in [2.05, 4.69) is 28.2 Å². The van der Waals surface area contributed by atoms with Crippen LogP contribution in [0.25, 0.3) is 0 Å². The summed E-state index contributed by atoms with van der Waals surface area (Å²) in [6.07, 6.45) is 1.54. The van der Waals surface area contributed by atoms with Crippen molar-refractivity contribution in [2.24, 2.45) is 27.6 Å². The van der Waals surface area contributed by atoms with E-state index in [0.717, 1.165) is 97.6 Å². The molecule has 6 atom stereocenters. The number of carbonyl (C=O) groups excluding carboxylic acids is 9. The molecular formula is C75H86F8N12O16. The molecule has 4 aromatic rings. The van der Waals surface area contributed by atoms with Crippen LogP contribution in [0.4, 0.5) is 99.8 Å². The summed E-state index contributed by atoms with van der Waals surface area (Å²) in [7, 11) is 0. The topological polar surface area (TPSA) is 303 Å². The van der Waals surface area contributed by atoms with Crippen molar-refractivity contribution in [1.29, 1.82) is 0 Å². The molecule has 4 aromatic carbocycles. The number of anilines is 8. The van der Waals surface area contributed by atoms with Crippen molar-refractivity contribution >= 4 is 99.3 Å². The molecule has 9 saturated heterocycles. The molecule has 13 fully saturated rings. The fourth-order valence-electron chi connectivity index (χ4n) is 16.6. The lowest BCUT2D eigenvalue weighted by molar-refractivity contribution is -0.178. The second-order valence-electron chi connectivity index (χ2n) is 31.3. The van der Waals surface area contributed by atoms with E-state index in [1.165, 1.54) is 59.4 Å². The second-order valence-corrected chi connectivity index (χ2v) is 31.3. The Morgan fingerprint density at radius 3 is 1.01 bits per heavy atom. The van der Waals surface area contributed by atoms with Crippen LogP contribution in [0.15, 0.2) is 48.5 Å². The number of nitrogens with zero attached hydrogens (tertiary/aromatic N) is 8. The smallest absolute Gasteiger partial charge is 0.414 e. The van der Waals surface area contributed by atoms with Gasteiger partial charge in [-0.25, -0.2) is 54.3 Å². The number of benzene rings is 4. The molecule has 4 saturated carbocycles. The second kappa shape index (κ2) is 29.9. The average Bonchev–Trinajstić information content (AvgIpc) is 1.53. The van der Waals surface area contributed by atoms with Gasteiger partial charge in [-0.3, -0.25) is 43.6 Å². The predicted octanol–water partition coefficient (Wildman–Crippen LogP) is 7.41. The van der Waals surface area contributed by atoms with E-state index >= 15 is 8.78 Å². The lowest BCUT2D eigenvalue weighted by Gasteiger charge is -2.28. The molecule has 5 spiro atoms. The quantitative estimate of drug-likeness (QED) is 0.0538. The summed E-state index contributed by atoms with van der Waals surface area (Å²) < 4.78 is 151. The van der Waals surface area contributed by atoms with Crippen molar-refractivity contribution in [3.8, 4) is 0 Å². The van der Waals surface area contributed by atoms with Crippen molar-refractivity contribution in [3.05, 3.63) is 95.1 Å². The maximum Gasteiger partial charge on any atom is 0.414 e. The number of aliphatic hydroxyl groups is 1. The van der Waals surface area contributed by atoms with Crippen molar-refractivity contribution in [1.82, 2.24) is 21.3 Å². The Labute approximate surface area is 632 Å². The van der Waals surface area contributed by atoms with Crippen LogP contribution in [0.2, 0.25) is 0 Å². The number of β-amino-alcohol motifs (C(OH)–C–C–N with tert-alkyl or cyclic N) is 1. The Balaban J connectivity index is 0.000000123. The van der Waals surface area contributed by atoms with E-state index < -0.39 is 113 Å². The first-order valence-electron chi connectivity index (χ1n) is 37.1. The highest BCUT2D eigenvalue weighted by molar-refractivity contribution is 5.96. The Morgan fingerprint density at radius 1 is 0.405 bits per heavy atom. The fourth-order valence-corrected chi connectivity index (χ4v) is 16.6. The van der Waals surface area contributed by atoms with E-state index in [9.17, 15) is 74.6 Å². The summed E-state index contributed by atoms with van der Waals surface area (Å²) in [4.78, 5) is 115. The Bertz CT molecular complexity index is 4200. The number of nitrogens with one attached hydrogen (secondary N) is 4. The van der Waals surface area contributed by atoms with Crippen LogP contribution in [0.1, 0.15) is 86.0 Å². The van der Waals surface area contributed by atoms with Gasteiger partial charge in [0.2, 0.25) is 23.6 Å². The molecule has 0 aromatic heterocycles. The Morgan fingerprint density at radius 2 is 0.721 bits per heavy atom. The molecule has 5 N–H and O–H groups in total. The van der Waals surface area contributed by atoms with Crippen LogP contribution in [-0.4, -0.2) is 213 Å². The molecule has 2 unspecified atom stereocenters. The largest absolute Gasteiger partial charge is 0.442 e. The van der Waals surface area contributed by atoms with Crippen molar-refractivity contribution in [2.45, 2.75) is 122 Å². The number of ketones is 1. The van der Waals surface area contributed by atoms with Gasteiger partial charge in [-0.05, 0) is 62.7 Å². The molecule has 36 heteroatoms. The standard InChI is InChI=1S/C20H23F2N3O5.C19H23F2N3O3.C18H21F2N3O4.C18H19F2N3O4/c1-12(26)23-8-14-9-25(18(27)30-14)13-6-15(21)17(16(22)7-13)24-10-19(2-3-19)20(11-24)28-4-5-29-20;1-11-8-23(10-19(11)3-4-19)17-15(20)5-13(6-16(17)21)24-9-14(27-18(24)26)7-22-12(2)25;2*1-10(24)21-6-12-7-23(17(26)27-12)11-4-13(19)16(14(20)5-11)22-8-15(25)18(9-22)2-3-18/h6-7,14H,2-5,8-11H2,1H3,(H,23,26);5-6,11,14H,3-4,7-10H2,1-2H3,(H,22,25);4-5,12,15,25H,2-3,6-9H2,1H3,(H,21,24);4-5,12H,2-3,6-9H2,1H3,(H,21,24)/t14-;11?,14-;12-,15?;12-/m0000/s1. The third-order valence-corrected chi connectivity index (χ3v) is 23.3. The van der Waals surface area contributed by atoms with Gasteiger partial charge in [-0.15, -0.1) is 0 Å². The Kier molecular flexibility index (Phi) is 21.0. The summed E-state index contributed by atoms with van der Waals surface area (Å²) in [6.45, 7) is 12.4. The number of amides is 8. The third kappa shape index (κ3) is 15.8. The number of aliphatic hydroxyl groups excluding tert-OH is 1. The maximum absolute atomic E-state index is 15.0. The van der Waals surface area contributed by atoms with Crippen LogP contribution >= 0.6 is 0 Å². The van der Waals surface area contributed by atoms with E-state index in [-0.39, 0.29) is 163 Å². The highest BCUT2D eigenvalue weighted by Crippen LogP contribution is 2.63. The normalized spacial score (nSPS) is 25.2. The van der Waals surface area contributed by atoms with Crippen molar-refractivity contribution < 1.29 is 112 Å². The van der Waals surface area contributed by atoms with Gasteiger partial charge in [0.05, 0.1) is 108 Å². The predicted molar refractivity (Wildman–Crippen MR) is 381 cm³/mol. The molecule has 8 amide bonds. The van der Waals surface area contributed by atoms with Crippen LogP contribution in [0.3, 0.4) is 0 Å². The summed E-state index contributed by atoms with van der Waals surface area (Å²) in [5.74, 6) is -7.44. The first kappa shape index (κ1) is 77.7. The van der Waals surface area contributed by atoms with Crippen molar-refractivity contribution in [2.75, 3.05) is 157 Å². The zero-order valence-electron chi connectivity index (χ0n) is 61.6. The summed E-state index contributed by atoms with van der Waals surface area (Å²) in [5, 5.41) is 20.3. The van der Waals surface area contributed by atoms with Crippen LogP contribution in [0, 0.1) is 74.1 Å². The fraction of sp³-hybridized carbons (Fsp3) is 0.560. The highest BCUT2D eigenvalue weighted by atomic mass is 19.2. The molecule has 9 aliphatic heterocycles. The van der Waals surface area contributed by atoms with E-state index in [1.54, 1.807) is 9.80 Å². The van der Waals surface area contributed by atoms with Crippen molar-refractivity contribution in [3.63, 3.8) is 0 Å². The van der Waals surface area contributed by atoms with Gasteiger partial charge in [0.1, 0.15) is 47.2 Å². The number of cyclic esters (lactones) is 4. The summed E-state index contributed by atoms with van der Waals surface area (Å²) in [6, 6.07) is 9.00. The van der Waals surface area contributed by atoms with E-state index in [1.807, 2.05) is 0 Å². The minimum Gasteiger partial charge on any atom is -0.442 e. The molecule has 4 aliphatic carbocycles. The molecule has 111 heavy (non-hydrogen) atoms. The molecule has 0 radical (unpaired) electrons. The zero-order valence-corrected chi connectivity index (χ0v) is 61.6. The van der Waals surface area contributed by atoms with Gasteiger partial charge >= 0.3 is 24.4 Å². The Hall–Kier alpha value is -9.97. The number of fused-ring (bicyclic) bond motifs is 1. The van der Waals surface area contributed by atoms with Gasteiger partial charge in [-0.2, -0.15) is 0 Å². The SMILES string of the molecule is CC(=O)NC[C@H]1CN(c2cc(F)c(N3CC(=O)C4(CC4)C3)c(F)c2)C(=O)O1.CC(=O)NC[C@H]1CN(c2cc(F)c(N3CC(C)C4(CC4)C3)c(F)c2)C(=O)O1.CC(=O)NC[C@H]1CN(c2cc(F)c(N3CC(O)C4(CC4)C3)c(F)c2)C(=O)O1.CC(=O)NC[C@H]1CN(c2cc(F)c(N3CC4(CC4)C4(C3)OCCO4)c(F)c2)C(=O)O1. The van der Waals surface area contributed by atoms with Gasteiger partial charge in [0.15, 0.2) is 58.1 Å². The van der Waals surface area contributed by atoms with Gasteiger partial charge in [0.25, 0.3) is 0 Å². The summed E-state index contributed by atoms with van der Waals surface area (Å²) >= 11 is 0. The number of hydrogen-bond acceptors (Lipinski definition) is 20. The number of hydrogen-bond donors (Lipinski definition) is 5. The molecular weight excluding hydrogens is 1480 g/mol. The number of rotatable bonds is 16. The molecule has 28 nitrogen and oxygen atoms in total. The van der Waals surface area contributed by atoms with Crippen LogP contribution < -0.4 is 60.5 Å². The highest BCUT2D eigenvalue weighted by Gasteiger charge is 2.69. The van der Waals surface area contributed by atoms with Gasteiger partial charge < -0.3 is 74.4 Å². The van der Waals surface area contributed by atoms with Gasteiger partial charge in [-0.1, -0.05) is 6.92 Å². The monoisotopic (exact) mass is 1560 g/mol. The van der Waals surface area contributed by atoms with Crippen LogP contribution in [0.5, 0.6) is 0 Å². The molecule has 13 aliphatic rings. The number of Topliss-reactive ketones (excluding diaryl/α,β-unsaturated/α-hetero) is 1. The minimum atomic E-state index is -0.825. The summed E-state index contributed by atoms with van der Waals surface area (Å²) in [5.41, 5.74) is -0.919. The molecule has 0 bridgehead atoms. The first-order chi connectivity index (χ1) is 52.7. The van der Waals surface area contributed by atoms with Crippen LogP contribution in [-0.2, 0) is 52.4 Å². The lowest BCUT2D eigenvalue weighted by Crippen LogP contribution is -2.40. The molecule has 9 heterocycles. The number of carbonyl (C=O) groups is 9. The lowest BCUT2D eigenvalue weighted by atomic mass is 9.95. The molecule has 17 rings (SSSR count). The maximum atomic E-state index is 15.0. The zero-order chi connectivity index (χ0) is 79.1.